The minimum atomic E-state index is -3.61. The van der Waals surface area contributed by atoms with Crippen LogP contribution in [-0.4, -0.2) is 56.6 Å². The van der Waals surface area contributed by atoms with Crippen molar-refractivity contribution in [1.29, 1.82) is 0 Å². The van der Waals surface area contributed by atoms with Crippen molar-refractivity contribution in [3.8, 4) is 16.9 Å². The molecule has 166 valence electrons. The lowest BCUT2D eigenvalue weighted by molar-refractivity contribution is -0.160. The molecule has 2 aliphatic heterocycles. The Hall–Kier alpha value is -2.52. The number of hydrogen-bond donors (Lipinski definition) is 1. The average Bonchev–Trinajstić information content (AvgIpc) is 3.07. The summed E-state index contributed by atoms with van der Waals surface area (Å²) in [6, 6.07) is 13.4. The molecule has 0 aliphatic carbocycles. The maximum absolute atomic E-state index is 14.8. The maximum Gasteiger partial charge on any atom is 0.328 e. The van der Waals surface area contributed by atoms with Crippen LogP contribution in [-0.2, 0) is 21.2 Å². The second-order valence-electron chi connectivity index (χ2n) is 8.05. The highest BCUT2D eigenvalue weighted by Crippen LogP contribution is 2.34. The monoisotopic (exact) mass is 450 g/mol. The number of sulfonamides is 1. The molecule has 1 amide bonds. The lowest BCUT2D eigenvalue weighted by atomic mass is 9.96. The van der Waals surface area contributed by atoms with Gasteiger partial charge in [0, 0.05) is 18.2 Å². The molecule has 2 unspecified atom stereocenters. The number of para-hydroxylation sites is 1. The van der Waals surface area contributed by atoms with Crippen LogP contribution in [0.25, 0.3) is 11.1 Å². The summed E-state index contributed by atoms with van der Waals surface area (Å²) in [5.74, 6) is -4.43. The summed E-state index contributed by atoms with van der Waals surface area (Å²) < 4.78 is 61.4. The summed E-state index contributed by atoms with van der Waals surface area (Å²) in [5, 5.41) is 0. The predicted molar refractivity (Wildman–Crippen MR) is 113 cm³/mol. The third-order valence-corrected chi connectivity index (χ3v) is 6.46. The molecule has 4 rings (SSSR count). The maximum atomic E-state index is 14.8. The molecule has 1 saturated heterocycles. The summed E-state index contributed by atoms with van der Waals surface area (Å²) >= 11 is 0. The van der Waals surface area contributed by atoms with Crippen molar-refractivity contribution in [3.63, 3.8) is 0 Å². The second kappa shape index (κ2) is 8.20. The number of carbonyl (C=O) groups is 1. The Kier molecular flexibility index (Phi) is 5.74. The molecule has 2 heterocycles. The molecule has 9 heteroatoms. The number of carbonyl (C=O) groups excluding carboxylic acids is 1. The van der Waals surface area contributed by atoms with Crippen LogP contribution in [0.5, 0.6) is 5.75 Å². The van der Waals surface area contributed by atoms with Crippen molar-refractivity contribution in [1.82, 2.24) is 9.62 Å². The van der Waals surface area contributed by atoms with E-state index in [-0.39, 0.29) is 26.0 Å². The van der Waals surface area contributed by atoms with E-state index < -0.39 is 40.4 Å². The number of hydrogen-bond acceptors (Lipinski definition) is 4. The van der Waals surface area contributed by atoms with Crippen LogP contribution >= 0.6 is 0 Å². The van der Waals surface area contributed by atoms with E-state index in [0.29, 0.717) is 5.75 Å². The molecule has 2 aliphatic rings. The van der Waals surface area contributed by atoms with Crippen molar-refractivity contribution in [2.75, 3.05) is 19.4 Å². The Morgan fingerprint density at radius 3 is 2.71 bits per heavy atom. The highest BCUT2D eigenvalue weighted by Gasteiger charge is 2.48. The van der Waals surface area contributed by atoms with Crippen LogP contribution in [0.1, 0.15) is 18.4 Å². The van der Waals surface area contributed by atoms with Crippen LogP contribution in [0.15, 0.2) is 48.5 Å². The van der Waals surface area contributed by atoms with Gasteiger partial charge in [-0.3, -0.25) is 4.79 Å². The molecule has 1 N–H and O–H groups in total. The number of nitrogens with one attached hydrogen (secondary N) is 1. The van der Waals surface area contributed by atoms with Gasteiger partial charge in [-0.2, -0.15) is 8.78 Å². The van der Waals surface area contributed by atoms with Crippen molar-refractivity contribution >= 4 is 15.9 Å². The number of alkyl halides is 2. The van der Waals surface area contributed by atoms with Gasteiger partial charge in [0.1, 0.15) is 5.75 Å². The molecule has 2 aromatic carbocycles. The zero-order valence-corrected chi connectivity index (χ0v) is 17.9. The summed E-state index contributed by atoms with van der Waals surface area (Å²) in [5.41, 5.74) is 2.45. The van der Waals surface area contributed by atoms with Gasteiger partial charge in [-0.15, -0.1) is 0 Å². The lowest BCUT2D eigenvalue weighted by Gasteiger charge is -2.31. The Labute approximate surface area is 180 Å². The van der Waals surface area contributed by atoms with Crippen LogP contribution in [0.4, 0.5) is 8.78 Å². The van der Waals surface area contributed by atoms with E-state index >= 15 is 0 Å². The van der Waals surface area contributed by atoms with Gasteiger partial charge < -0.3 is 9.64 Å². The van der Waals surface area contributed by atoms with E-state index in [4.69, 9.17) is 4.74 Å². The Bertz CT molecular complexity index is 1090. The average molecular weight is 451 g/mol. The minimum absolute atomic E-state index is 0.0625. The van der Waals surface area contributed by atoms with Gasteiger partial charge in [-0.25, -0.2) is 13.1 Å². The lowest BCUT2D eigenvalue weighted by Crippen LogP contribution is -2.52. The molecule has 31 heavy (non-hydrogen) atoms. The summed E-state index contributed by atoms with van der Waals surface area (Å²) in [6.07, 6.45) is 0.802. The quantitative estimate of drug-likeness (QED) is 0.764. The third-order valence-electron chi connectivity index (χ3n) is 5.73. The van der Waals surface area contributed by atoms with Crippen LogP contribution < -0.4 is 9.46 Å². The van der Waals surface area contributed by atoms with Gasteiger partial charge in [0.25, 0.3) is 5.91 Å². The van der Waals surface area contributed by atoms with E-state index in [1.807, 2.05) is 36.4 Å². The van der Waals surface area contributed by atoms with Crippen molar-refractivity contribution in [3.05, 3.63) is 54.1 Å². The number of halogens is 2. The highest BCUT2D eigenvalue weighted by molar-refractivity contribution is 7.88. The first-order chi connectivity index (χ1) is 14.6. The fourth-order valence-electron chi connectivity index (χ4n) is 4.32. The molecule has 0 saturated carbocycles. The zero-order chi connectivity index (χ0) is 22.2. The smallest absolute Gasteiger partial charge is 0.328 e. The van der Waals surface area contributed by atoms with Crippen molar-refractivity contribution < 1.29 is 26.7 Å². The highest BCUT2D eigenvalue weighted by atomic mass is 32.2. The van der Waals surface area contributed by atoms with Crippen LogP contribution in [0.2, 0.25) is 0 Å². The van der Waals surface area contributed by atoms with Gasteiger partial charge >= 0.3 is 5.92 Å². The largest absolute Gasteiger partial charge is 0.493 e. The minimum Gasteiger partial charge on any atom is -0.493 e. The third kappa shape index (κ3) is 4.72. The molecule has 1 fully saturated rings. The normalized spacial score (nSPS) is 23.6. The molecule has 2 atom stereocenters. The zero-order valence-electron chi connectivity index (χ0n) is 17.1. The molecular formula is C22H24F2N2O4S. The van der Waals surface area contributed by atoms with Gasteiger partial charge in [-0.05, 0) is 30.0 Å². The van der Waals surface area contributed by atoms with E-state index in [1.54, 1.807) is 12.1 Å². The number of rotatable bonds is 2. The fraction of sp³-hybridized carbons (Fsp3) is 0.409. The first kappa shape index (κ1) is 21.7. The topological polar surface area (TPSA) is 75.7 Å². The molecule has 0 spiro atoms. The van der Waals surface area contributed by atoms with E-state index in [1.165, 1.54) is 0 Å². The number of nitrogens with zero attached hydrogens (tertiary/aromatic N) is 1. The van der Waals surface area contributed by atoms with Gasteiger partial charge in [0.15, 0.2) is 0 Å². The molecule has 2 aromatic rings. The standard InChI is InChI=1S/C22H24F2N2O4S/c1-31(28,29)25-18-9-11-26-19(18)14-15-5-4-6-16(13-15)17-7-2-3-8-20(17)30-12-10-22(23,24)21(26)27/h2-8,13,18-19,25H,9-12,14H2,1H3. The molecule has 0 radical (unpaired) electrons. The van der Waals surface area contributed by atoms with Crippen molar-refractivity contribution in [2.24, 2.45) is 0 Å². The van der Waals surface area contributed by atoms with Gasteiger partial charge in [0.2, 0.25) is 10.0 Å². The van der Waals surface area contributed by atoms with Gasteiger partial charge in [0.05, 0.1) is 25.3 Å². The molecule has 2 bridgehead atoms. The SMILES string of the molecule is CS(=O)(=O)NC1CCN2C(=O)C(F)(F)CCOc3ccccc3-c3cccc(c3)CC12. The van der Waals surface area contributed by atoms with E-state index in [9.17, 15) is 22.0 Å². The summed E-state index contributed by atoms with van der Waals surface area (Å²) in [4.78, 5) is 13.9. The van der Waals surface area contributed by atoms with Crippen molar-refractivity contribution in [2.45, 2.75) is 37.3 Å². The summed E-state index contributed by atoms with van der Waals surface area (Å²) in [7, 11) is -3.57. The number of ether oxygens (including phenoxy) is 1. The fourth-order valence-corrected chi connectivity index (χ4v) is 5.14. The number of amides is 1. The molecule has 6 nitrogen and oxygen atoms in total. The first-order valence-corrected chi connectivity index (χ1v) is 12.0. The molecular weight excluding hydrogens is 426 g/mol. The second-order valence-corrected chi connectivity index (χ2v) is 9.83. The number of benzene rings is 2. The van der Waals surface area contributed by atoms with Gasteiger partial charge in [-0.1, -0.05) is 42.5 Å². The Balaban J connectivity index is 1.78. The predicted octanol–water partition coefficient (Wildman–Crippen LogP) is 2.83. The van der Waals surface area contributed by atoms with Crippen LogP contribution in [0, 0.1) is 0 Å². The Morgan fingerprint density at radius 2 is 1.94 bits per heavy atom. The van der Waals surface area contributed by atoms with E-state index in [2.05, 4.69) is 4.72 Å². The van der Waals surface area contributed by atoms with E-state index in [0.717, 1.165) is 27.8 Å². The van der Waals surface area contributed by atoms with Crippen LogP contribution in [0.3, 0.4) is 0 Å². The molecule has 0 aromatic heterocycles. The first-order valence-electron chi connectivity index (χ1n) is 10.1. The Morgan fingerprint density at radius 1 is 1.16 bits per heavy atom. The number of fused-ring (bicyclic) bond motifs is 5. The summed E-state index contributed by atoms with van der Waals surface area (Å²) in [6.45, 7) is -0.258.